The van der Waals surface area contributed by atoms with Gasteiger partial charge in [0, 0.05) is 36.6 Å². The normalized spacial score (nSPS) is 17.1. The van der Waals surface area contributed by atoms with Crippen molar-refractivity contribution >= 4 is 45.2 Å². The first kappa shape index (κ1) is 25.3. The number of anilines is 1. The third-order valence-electron chi connectivity index (χ3n) is 6.95. The summed E-state index contributed by atoms with van der Waals surface area (Å²) in [6.45, 7) is 9.68. The van der Waals surface area contributed by atoms with Crippen molar-refractivity contribution in [1.82, 2.24) is 5.32 Å². The lowest BCUT2D eigenvalue weighted by Crippen LogP contribution is -2.41. The largest absolute Gasteiger partial charge is 0.497 e. The van der Waals surface area contributed by atoms with E-state index >= 15 is 0 Å². The first-order valence-corrected chi connectivity index (χ1v) is 13.2. The monoisotopic (exact) mass is 498 g/mol. The van der Waals surface area contributed by atoms with Crippen LogP contribution >= 0.6 is 0 Å². The number of carbonyl (C=O) groups excluding carboxylic acids is 1. The van der Waals surface area contributed by atoms with E-state index in [2.05, 4.69) is 5.32 Å². The molecule has 1 aromatic heterocycles. The maximum Gasteiger partial charge on any atom is 0.497 e. The Morgan fingerprint density at radius 1 is 1.03 bits per heavy atom. The maximum atomic E-state index is 13.0. The molecule has 1 fully saturated rings. The van der Waals surface area contributed by atoms with Crippen LogP contribution in [0.25, 0.3) is 22.3 Å². The van der Waals surface area contributed by atoms with E-state index in [0.717, 1.165) is 17.4 Å². The minimum atomic E-state index is -3.61. The zero-order valence-electron chi connectivity index (χ0n) is 21.3. The fourth-order valence-corrected chi connectivity index (χ4v) is 4.53. The first-order valence-electron chi connectivity index (χ1n) is 11.4. The molecule has 1 aliphatic rings. The number of aryl methyl sites for hydroxylation is 1. The summed E-state index contributed by atoms with van der Waals surface area (Å²) in [5.74, 6) is 0.0850. The molecule has 4 rings (SSSR count). The average molecular weight is 498 g/mol. The summed E-state index contributed by atoms with van der Waals surface area (Å²) in [7, 11) is -1.44. The second-order valence-electron chi connectivity index (χ2n) is 9.98. The van der Waals surface area contributed by atoms with Crippen LogP contribution in [0.15, 0.2) is 40.8 Å². The van der Waals surface area contributed by atoms with Gasteiger partial charge in [-0.1, -0.05) is 29.8 Å². The number of nitrogens with one attached hydrogen (secondary N) is 1. The molecule has 8 nitrogen and oxygen atoms in total. The predicted molar refractivity (Wildman–Crippen MR) is 139 cm³/mol. The van der Waals surface area contributed by atoms with Crippen LogP contribution in [-0.4, -0.2) is 53.0 Å². The molecule has 0 bridgehead atoms. The quantitative estimate of drug-likeness (QED) is 0.541. The highest BCUT2D eigenvalue weighted by Gasteiger charge is 2.52. The van der Waals surface area contributed by atoms with Crippen LogP contribution in [0.3, 0.4) is 0 Å². The molecular weight excluding hydrogens is 467 g/mol. The van der Waals surface area contributed by atoms with Crippen molar-refractivity contribution in [3.63, 3.8) is 0 Å². The zero-order chi connectivity index (χ0) is 25.9. The Balaban J connectivity index is 2.02. The third kappa shape index (κ3) is 4.35. The lowest BCUT2D eigenvalue weighted by molar-refractivity contribution is 0.00578. The molecule has 186 valence electrons. The highest BCUT2D eigenvalue weighted by atomic mass is 32.2. The topological polar surface area (TPSA) is 98.1 Å². The van der Waals surface area contributed by atoms with Gasteiger partial charge < -0.3 is 19.0 Å². The number of hydrogen-bond acceptors (Lipinski definition) is 6. The van der Waals surface area contributed by atoms with Crippen LogP contribution < -0.4 is 15.1 Å². The van der Waals surface area contributed by atoms with Crippen molar-refractivity contribution in [2.75, 3.05) is 24.7 Å². The van der Waals surface area contributed by atoms with Crippen molar-refractivity contribution in [3.8, 4) is 11.3 Å². The Morgan fingerprint density at radius 2 is 1.60 bits per heavy atom. The fourth-order valence-electron chi connectivity index (χ4n) is 4.02. The number of furan rings is 1. The first-order chi connectivity index (χ1) is 16.2. The number of rotatable bonds is 5. The molecular formula is C25H31BN2O6S. The second-order valence-corrected chi connectivity index (χ2v) is 12.0. The van der Waals surface area contributed by atoms with E-state index in [-0.39, 0.29) is 5.91 Å². The number of hydrogen-bond donors (Lipinski definition) is 1. The third-order valence-corrected chi connectivity index (χ3v) is 8.14. The van der Waals surface area contributed by atoms with Crippen molar-refractivity contribution in [1.29, 1.82) is 0 Å². The van der Waals surface area contributed by atoms with Gasteiger partial charge in [-0.2, -0.15) is 0 Å². The summed E-state index contributed by atoms with van der Waals surface area (Å²) in [5.41, 5.74) is 2.12. The van der Waals surface area contributed by atoms with Gasteiger partial charge in [0.1, 0.15) is 11.3 Å². The van der Waals surface area contributed by atoms with Crippen molar-refractivity contribution in [3.05, 3.63) is 47.5 Å². The number of fused-ring (bicyclic) bond motifs is 1. The SMILES string of the molecule is CNC(=O)c1c(-c2ccc(C)cc2)oc2cc(N(C)S(C)(=O)=O)c(B3OC(C)(C)C(C)(C)O3)cc12. The minimum Gasteiger partial charge on any atom is -0.455 e. The van der Waals surface area contributed by atoms with Gasteiger partial charge in [-0.3, -0.25) is 9.10 Å². The molecule has 1 aliphatic heterocycles. The molecule has 0 saturated carbocycles. The van der Waals surface area contributed by atoms with Gasteiger partial charge in [-0.05, 0) is 40.7 Å². The Kier molecular flexibility index (Phi) is 6.06. The Labute approximate surface area is 206 Å². The number of sulfonamides is 1. The van der Waals surface area contributed by atoms with E-state index in [1.165, 1.54) is 11.4 Å². The number of carbonyl (C=O) groups is 1. The van der Waals surface area contributed by atoms with Crippen molar-refractivity contribution in [2.24, 2.45) is 0 Å². The molecule has 0 atom stereocenters. The standard InChI is InChI=1S/C25H31BN2O6S/c1-15-9-11-16(12-10-15)22-21(23(29)27-6)17-13-18(26-33-24(2,3)25(4,5)34-26)19(14-20(17)32-22)28(7)35(8,30)31/h9-14H,1-8H3,(H,27,29). The van der Waals surface area contributed by atoms with Crippen LogP contribution in [0.2, 0.25) is 0 Å². The average Bonchev–Trinajstić information content (AvgIpc) is 3.24. The lowest BCUT2D eigenvalue weighted by atomic mass is 9.77. The van der Waals surface area contributed by atoms with Gasteiger partial charge in [0.15, 0.2) is 0 Å². The molecule has 35 heavy (non-hydrogen) atoms. The van der Waals surface area contributed by atoms with E-state index in [1.807, 2.05) is 58.9 Å². The Hall–Kier alpha value is -2.82. The highest BCUT2D eigenvalue weighted by Crippen LogP contribution is 2.40. The number of amides is 1. The Morgan fingerprint density at radius 3 is 2.11 bits per heavy atom. The van der Waals surface area contributed by atoms with Gasteiger partial charge in [0.2, 0.25) is 10.0 Å². The Bertz CT molecular complexity index is 1390. The van der Waals surface area contributed by atoms with Crippen molar-refractivity contribution < 1.29 is 26.9 Å². The van der Waals surface area contributed by atoms with Crippen LogP contribution in [-0.2, 0) is 19.3 Å². The summed E-state index contributed by atoms with van der Waals surface area (Å²) >= 11 is 0. The van der Waals surface area contributed by atoms with E-state index in [0.29, 0.717) is 33.4 Å². The van der Waals surface area contributed by atoms with Crippen molar-refractivity contribution in [2.45, 2.75) is 45.8 Å². The van der Waals surface area contributed by atoms with Gasteiger partial charge in [0.25, 0.3) is 5.91 Å². The summed E-state index contributed by atoms with van der Waals surface area (Å²) < 4.78 is 44.9. The zero-order valence-corrected chi connectivity index (χ0v) is 22.2. The minimum absolute atomic E-state index is 0.316. The number of benzene rings is 2. The molecule has 1 N–H and O–H groups in total. The molecule has 0 aliphatic carbocycles. The molecule has 0 unspecified atom stereocenters. The molecule has 3 aromatic rings. The van der Waals surface area contributed by atoms with E-state index < -0.39 is 28.3 Å². The van der Waals surface area contributed by atoms with Crippen LogP contribution in [0.5, 0.6) is 0 Å². The second kappa shape index (κ2) is 8.39. The summed E-state index contributed by atoms with van der Waals surface area (Å²) in [4.78, 5) is 13.0. The van der Waals surface area contributed by atoms with Gasteiger partial charge in [-0.15, -0.1) is 0 Å². The molecule has 10 heteroatoms. The fraction of sp³-hybridized carbons (Fsp3) is 0.400. The maximum absolute atomic E-state index is 13.0. The highest BCUT2D eigenvalue weighted by molar-refractivity contribution is 7.92. The lowest BCUT2D eigenvalue weighted by Gasteiger charge is -2.32. The summed E-state index contributed by atoms with van der Waals surface area (Å²) in [6.07, 6.45) is 1.13. The van der Waals surface area contributed by atoms with E-state index in [4.69, 9.17) is 13.7 Å². The van der Waals surface area contributed by atoms with Crippen LogP contribution in [0.1, 0.15) is 43.6 Å². The molecule has 1 amide bonds. The van der Waals surface area contributed by atoms with Gasteiger partial charge >= 0.3 is 7.12 Å². The van der Waals surface area contributed by atoms with E-state index in [1.54, 1.807) is 19.2 Å². The smallest absolute Gasteiger partial charge is 0.455 e. The predicted octanol–water partition coefficient (Wildman–Crippen LogP) is 3.46. The van der Waals surface area contributed by atoms with E-state index in [9.17, 15) is 13.2 Å². The molecule has 1 saturated heterocycles. The van der Waals surface area contributed by atoms with Crippen LogP contribution in [0, 0.1) is 6.92 Å². The van der Waals surface area contributed by atoms with Gasteiger partial charge in [0.05, 0.1) is 28.7 Å². The molecule has 0 radical (unpaired) electrons. The number of nitrogens with zero attached hydrogens (tertiary/aromatic N) is 1. The summed E-state index contributed by atoms with van der Waals surface area (Å²) in [6, 6.07) is 11.0. The molecule has 2 aromatic carbocycles. The molecule has 0 spiro atoms. The summed E-state index contributed by atoms with van der Waals surface area (Å²) in [5, 5.41) is 3.23. The van der Waals surface area contributed by atoms with Crippen LogP contribution in [0.4, 0.5) is 5.69 Å². The molecule has 2 heterocycles. The van der Waals surface area contributed by atoms with Gasteiger partial charge in [-0.25, -0.2) is 8.42 Å².